The molecule has 0 radical (unpaired) electrons. The summed E-state index contributed by atoms with van der Waals surface area (Å²) in [5.74, 6) is 3.05. The number of carbonyl (C=O) groups is 1. The van der Waals surface area contributed by atoms with Gasteiger partial charge < -0.3 is 5.11 Å². The third-order valence-corrected chi connectivity index (χ3v) is 8.33. The van der Waals surface area contributed by atoms with E-state index in [-0.39, 0.29) is 17.8 Å². The molecule has 3 saturated carbocycles. The van der Waals surface area contributed by atoms with Crippen molar-refractivity contribution in [3.63, 3.8) is 0 Å². The van der Waals surface area contributed by atoms with Crippen LogP contribution in [0.25, 0.3) is 0 Å². The van der Waals surface area contributed by atoms with Crippen molar-refractivity contribution in [1.29, 1.82) is 0 Å². The van der Waals surface area contributed by atoms with E-state index in [4.69, 9.17) is 0 Å². The first-order valence-electron chi connectivity index (χ1n) is 9.52. The van der Waals surface area contributed by atoms with Gasteiger partial charge in [0.05, 0.1) is 6.61 Å². The molecule has 0 aromatic heterocycles. The molecule has 0 bridgehead atoms. The normalized spacial score (nSPS) is 49.0. The minimum absolute atomic E-state index is 0.0789. The Bertz CT molecular complexity index is 562. The lowest BCUT2D eigenvalue weighted by Gasteiger charge is -2.58. The standard InChI is InChI=1S/C21H30O2/c1-3-14-5-7-18-17-6-4-15-12-16(23)8-11-21(15,13-22)19(17)9-10-20(14,18)2/h3,12,14,17-19,22H,1,4-11,13H2,2H3/t14-,17?,18?,19?,20+,21+/m0/s1. The molecule has 4 rings (SSSR count). The molecular formula is C21H30O2. The highest BCUT2D eigenvalue weighted by molar-refractivity contribution is 5.91. The van der Waals surface area contributed by atoms with Crippen LogP contribution < -0.4 is 0 Å². The van der Waals surface area contributed by atoms with Crippen LogP contribution in [0.4, 0.5) is 0 Å². The van der Waals surface area contributed by atoms with E-state index in [1.54, 1.807) is 0 Å². The number of hydrogen-bond donors (Lipinski definition) is 1. The summed E-state index contributed by atoms with van der Waals surface area (Å²) in [7, 11) is 0. The number of ketones is 1. The van der Waals surface area contributed by atoms with Crippen LogP contribution in [-0.4, -0.2) is 17.5 Å². The summed E-state index contributed by atoms with van der Waals surface area (Å²) in [5, 5.41) is 10.3. The molecule has 4 aliphatic carbocycles. The van der Waals surface area contributed by atoms with Crippen LogP contribution in [-0.2, 0) is 4.79 Å². The number of rotatable bonds is 2. The van der Waals surface area contributed by atoms with E-state index in [1.807, 2.05) is 6.08 Å². The SMILES string of the molecule is C=C[C@H]1CCC2C3CCC4=CC(=O)CC[C@]4(CO)C3CC[C@@]21C. The highest BCUT2D eigenvalue weighted by Crippen LogP contribution is 2.66. The molecule has 0 heterocycles. The summed E-state index contributed by atoms with van der Waals surface area (Å²) in [5.41, 5.74) is 1.62. The smallest absolute Gasteiger partial charge is 0.155 e. The van der Waals surface area contributed by atoms with Crippen LogP contribution in [0.15, 0.2) is 24.3 Å². The molecule has 3 unspecified atom stereocenters. The molecule has 126 valence electrons. The number of aliphatic hydroxyl groups excluding tert-OH is 1. The third kappa shape index (κ3) is 2.00. The van der Waals surface area contributed by atoms with Gasteiger partial charge in [-0.2, -0.15) is 0 Å². The van der Waals surface area contributed by atoms with Crippen molar-refractivity contribution in [1.82, 2.24) is 0 Å². The van der Waals surface area contributed by atoms with E-state index in [0.29, 0.717) is 23.7 Å². The highest BCUT2D eigenvalue weighted by Gasteiger charge is 2.59. The predicted molar refractivity (Wildman–Crippen MR) is 91.8 cm³/mol. The van der Waals surface area contributed by atoms with Gasteiger partial charge in [-0.3, -0.25) is 4.79 Å². The molecule has 0 spiro atoms. The Morgan fingerprint density at radius 3 is 2.78 bits per heavy atom. The monoisotopic (exact) mass is 314 g/mol. The van der Waals surface area contributed by atoms with E-state index < -0.39 is 0 Å². The van der Waals surface area contributed by atoms with Crippen molar-refractivity contribution in [2.24, 2.45) is 34.5 Å². The summed E-state index contributed by atoms with van der Waals surface area (Å²) in [4.78, 5) is 11.9. The van der Waals surface area contributed by atoms with E-state index in [2.05, 4.69) is 19.6 Å². The molecule has 0 amide bonds. The molecule has 0 saturated heterocycles. The summed E-state index contributed by atoms with van der Waals surface area (Å²) in [6.07, 6.45) is 12.9. The number of fused-ring (bicyclic) bond motifs is 5. The Labute approximate surface area is 140 Å². The molecule has 6 atom stereocenters. The minimum atomic E-state index is -0.0789. The average molecular weight is 314 g/mol. The maximum absolute atomic E-state index is 11.9. The van der Waals surface area contributed by atoms with Crippen LogP contribution in [0.1, 0.15) is 58.3 Å². The molecule has 0 aromatic carbocycles. The molecule has 2 nitrogen and oxygen atoms in total. The maximum Gasteiger partial charge on any atom is 0.155 e. The van der Waals surface area contributed by atoms with Gasteiger partial charge in [0.15, 0.2) is 5.78 Å². The van der Waals surface area contributed by atoms with Gasteiger partial charge in [-0.25, -0.2) is 0 Å². The zero-order valence-electron chi connectivity index (χ0n) is 14.4. The first-order chi connectivity index (χ1) is 11.0. The second-order valence-electron chi connectivity index (χ2n) is 8.83. The van der Waals surface area contributed by atoms with Gasteiger partial charge in [-0.05, 0) is 80.1 Å². The van der Waals surface area contributed by atoms with Gasteiger partial charge in [-0.15, -0.1) is 6.58 Å². The lowest BCUT2D eigenvalue weighted by atomic mass is 9.46. The second kappa shape index (κ2) is 5.31. The molecule has 2 heteroatoms. The summed E-state index contributed by atoms with van der Waals surface area (Å²) < 4.78 is 0. The van der Waals surface area contributed by atoms with Gasteiger partial charge in [0.1, 0.15) is 0 Å². The topological polar surface area (TPSA) is 37.3 Å². The zero-order valence-corrected chi connectivity index (χ0v) is 14.4. The Hall–Kier alpha value is -0.890. The van der Waals surface area contributed by atoms with E-state index in [0.717, 1.165) is 24.7 Å². The minimum Gasteiger partial charge on any atom is -0.395 e. The highest BCUT2D eigenvalue weighted by atomic mass is 16.3. The number of hydrogen-bond acceptors (Lipinski definition) is 2. The quantitative estimate of drug-likeness (QED) is 0.772. The second-order valence-corrected chi connectivity index (χ2v) is 8.83. The Balaban J connectivity index is 1.70. The van der Waals surface area contributed by atoms with Crippen molar-refractivity contribution >= 4 is 5.78 Å². The maximum atomic E-state index is 11.9. The van der Waals surface area contributed by atoms with Crippen molar-refractivity contribution in [3.05, 3.63) is 24.3 Å². The van der Waals surface area contributed by atoms with Crippen LogP contribution in [0.5, 0.6) is 0 Å². The van der Waals surface area contributed by atoms with Crippen molar-refractivity contribution in [2.45, 2.75) is 58.3 Å². The summed E-state index contributed by atoms with van der Waals surface area (Å²) in [6.45, 7) is 6.83. The summed E-state index contributed by atoms with van der Waals surface area (Å²) in [6, 6.07) is 0. The molecule has 4 aliphatic rings. The van der Waals surface area contributed by atoms with Crippen LogP contribution >= 0.6 is 0 Å². The van der Waals surface area contributed by atoms with E-state index in [9.17, 15) is 9.90 Å². The van der Waals surface area contributed by atoms with Crippen LogP contribution in [0.3, 0.4) is 0 Å². The van der Waals surface area contributed by atoms with Gasteiger partial charge in [0, 0.05) is 11.8 Å². The van der Waals surface area contributed by atoms with Crippen molar-refractivity contribution in [2.75, 3.05) is 6.61 Å². The average Bonchev–Trinajstić information content (AvgIpc) is 2.90. The Morgan fingerprint density at radius 1 is 1.22 bits per heavy atom. The molecular weight excluding hydrogens is 284 g/mol. The van der Waals surface area contributed by atoms with Gasteiger partial charge in [0.25, 0.3) is 0 Å². The summed E-state index contributed by atoms with van der Waals surface area (Å²) >= 11 is 0. The number of carbonyl (C=O) groups excluding carboxylic acids is 1. The predicted octanol–water partition coefficient (Wildman–Crippen LogP) is 4.29. The Kier molecular flexibility index (Phi) is 3.61. The molecule has 23 heavy (non-hydrogen) atoms. The largest absolute Gasteiger partial charge is 0.395 e. The number of allylic oxidation sites excluding steroid dienone is 1. The van der Waals surface area contributed by atoms with Gasteiger partial charge in [-0.1, -0.05) is 18.6 Å². The zero-order chi connectivity index (χ0) is 16.2. The van der Waals surface area contributed by atoms with E-state index in [1.165, 1.54) is 37.7 Å². The number of aliphatic hydroxyl groups is 1. The molecule has 1 N–H and O–H groups in total. The van der Waals surface area contributed by atoms with Crippen LogP contribution in [0, 0.1) is 34.5 Å². The van der Waals surface area contributed by atoms with Gasteiger partial charge in [0.2, 0.25) is 0 Å². The first-order valence-corrected chi connectivity index (χ1v) is 9.52. The molecule has 3 fully saturated rings. The lowest BCUT2D eigenvalue weighted by molar-refractivity contribution is -0.119. The Morgan fingerprint density at radius 2 is 2.04 bits per heavy atom. The third-order valence-electron chi connectivity index (χ3n) is 8.33. The van der Waals surface area contributed by atoms with E-state index >= 15 is 0 Å². The van der Waals surface area contributed by atoms with Gasteiger partial charge >= 0.3 is 0 Å². The fourth-order valence-corrected chi connectivity index (χ4v) is 7.09. The fraction of sp³-hybridized carbons (Fsp3) is 0.762. The fourth-order valence-electron chi connectivity index (χ4n) is 7.09. The first kappa shape index (κ1) is 15.6. The molecule has 0 aromatic rings. The lowest BCUT2D eigenvalue weighted by Crippen LogP contribution is -2.52. The van der Waals surface area contributed by atoms with Crippen molar-refractivity contribution < 1.29 is 9.90 Å². The molecule has 0 aliphatic heterocycles. The van der Waals surface area contributed by atoms with Crippen molar-refractivity contribution in [3.8, 4) is 0 Å². The van der Waals surface area contributed by atoms with Crippen LogP contribution in [0.2, 0.25) is 0 Å².